The monoisotopic (exact) mass is 259 g/mol. The van der Waals surface area contributed by atoms with Gasteiger partial charge in [0.05, 0.1) is 0 Å². The molecule has 1 fully saturated rings. The van der Waals surface area contributed by atoms with Crippen molar-refractivity contribution in [2.24, 2.45) is 0 Å². The van der Waals surface area contributed by atoms with Crippen LogP contribution in [0.5, 0.6) is 0 Å². The van der Waals surface area contributed by atoms with Gasteiger partial charge in [0.15, 0.2) is 5.76 Å². The zero-order valence-corrected chi connectivity index (χ0v) is 11.0. The fourth-order valence-electron chi connectivity index (χ4n) is 2.14. The molecule has 6 nitrogen and oxygen atoms in total. The Morgan fingerprint density at radius 3 is 2.65 bits per heavy atom. The van der Waals surface area contributed by atoms with Crippen LogP contribution in [0.2, 0.25) is 0 Å². The molecule has 2 heterocycles. The topological polar surface area (TPSA) is 84.2 Å². The average Bonchev–Trinajstić information content (AvgIpc) is 2.73. The van der Waals surface area contributed by atoms with Gasteiger partial charge < -0.3 is 9.84 Å². The van der Waals surface area contributed by atoms with E-state index in [2.05, 4.69) is 15.2 Å². The third-order valence-electron chi connectivity index (χ3n) is 2.99. The fraction of sp³-hybridized carbons (Fsp3) is 0.700. The molecule has 1 aliphatic rings. The summed E-state index contributed by atoms with van der Waals surface area (Å²) in [6, 6.07) is 0. The van der Waals surface area contributed by atoms with E-state index in [1.807, 2.05) is 6.92 Å². The summed E-state index contributed by atoms with van der Waals surface area (Å²) in [7, 11) is -3.57. The minimum atomic E-state index is -3.57. The van der Waals surface area contributed by atoms with Crippen molar-refractivity contribution in [3.05, 3.63) is 11.5 Å². The van der Waals surface area contributed by atoms with Crippen molar-refractivity contribution in [3.63, 3.8) is 0 Å². The third-order valence-corrected chi connectivity index (χ3v) is 4.87. The van der Waals surface area contributed by atoms with Crippen LogP contribution in [-0.4, -0.2) is 32.2 Å². The highest BCUT2D eigenvalue weighted by molar-refractivity contribution is 7.89. The Morgan fingerprint density at radius 2 is 2.18 bits per heavy atom. The lowest BCUT2D eigenvalue weighted by molar-refractivity contribution is 0.390. The summed E-state index contributed by atoms with van der Waals surface area (Å²) < 4.78 is 32.1. The first-order valence-electron chi connectivity index (χ1n) is 5.52. The predicted octanol–water partition coefficient (Wildman–Crippen LogP) is 0.322. The molecule has 0 radical (unpaired) electrons. The number of nitrogens with one attached hydrogen (secondary N) is 2. The zero-order chi connectivity index (χ0) is 12.7. The maximum absolute atomic E-state index is 12.3. The summed E-state index contributed by atoms with van der Waals surface area (Å²) in [4.78, 5) is 0.158. The van der Waals surface area contributed by atoms with Gasteiger partial charge in [0.1, 0.15) is 10.6 Å². The Labute approximate surface area is 101 Å². The van der Waals surface area contributed by atoms with Crippen molar-refractivity contribution in [1.82, 2.24) is 15.2 Å². The summed E-state index contributed by atoms with van der Waals surface area (Å²) in [5.41, 5.74) is -0.0424. The molecular formula is C10H17N3O3S. The molecule has 2 rings (SSSR count). The minimum absolute atomic E-state index is 0.158. The van der Waals surface area contributed by atoms with Gasteiger partial charge in [-0.2, -0.15) is 0 Å². The number of hydrogen-bond donors (Lipinski definition) is 2. The van der Waals surface area contributed by atoms with Crippen LogP contribution in [0.15, 0.2) is 9.42 Å². The van der Waals surface area contributed by atoms with Gasteiger partial charge in [-0.1, -0.05) is 5.16 Å². The molecule has 0 aliphatic carbocycles. The minimum Gasteiger partial charge on any atom is -0.360 e. The number of rotatable bonds is 3. The van der Waals surface area contributed by atoms with Crippen molar-refractivity contribution >= 4 is 10.0 Å². The van der Waals surface area contributed by atoms with E-state index in [1.54, 1.807) is 13.8 Å². The molecule has 0 spiro atoms. The van der Waals surface area contributed by atoms with Crippen LogP contribution < -0.4 is 10.0 Å². The van der Waals surface area contributed by atoms with Crippen LogP contribution in [0.1, 0.15) is 24.8 Å². The molecule has 1 aromatic rings. The van der Waals surface area contributed by atoms with E-state index >= 15 is 0 Å². The van der Waals surface area contributed by atoms with E-state index in [9.17, 15) is 8.42 Å². The molecule has 1 aliphatic heterocycles. The van der Waals surface area contributed by atoms with Gasteiger partial charge in [0.2, 0.25) is 10.0 Å². The highest BCUT2D eigenvalue weighted by atomic mass is 32.2. The largest absolute Gasteiger partial charge is 0.360 e. The van der Waals surface area contributed by atoms with E-state index in [4.69, 9.17) is 4.52 Å². The number of sulfonamides is 1. The lowest BCUT2D eigenvalue weighted by Gasteiger charge is -2.23. The standard InChI is InChI=1S/C10H17N3O3S/c1-7-9(8(2)16-12-7)17(14,15)13-10(3)4-5-11-6-10/h11,13H,4-6H2,1-3H3. The lowest BCUT2D eigenvalue weighted by atomic mass is 10.0. The highest BCUT2D eigenvalue weighted by Gasteiger charge is 2.35. The highest BCUT2D eigenvalue weighted by Crippen LogP contribution is 2.22. The molecule has 1 unspecified atom stereocenters. The quantitative estimate of drug-likeness (QED) is 0.816. The first-order valence-corrected chi connectivity index (χ1v) is 7.00. The van der Waals surface area contributed by atoms with Crippen LogP contribution in [0.25, 0.3) is 0 Å². The smallest absolute Gasteiger partial charge is 0.246 e. The fourth-order valence-corrected chi connectivity index (χ4v) is 3.90. The number of hydrogen-bond acceptors (Lipinski definition) is 5. The molecule has 1 saturated heterocycles. The van der Waals surface area contributed by atoms with Crippen molar-refractivity contribution in [3.8, 4) is 0 Å². The first-order chi connectivity index (χ1) is 7.84. The molecular weight excluding hydrogens is 242 g/mol. The van der Waals surface area contributed by atoms with Crippen molar-refractivity contribution < 1.29 is 12.9 Å². The molecule has 2 N–H and O–H groups in total. The second-order valence-corrected chi connectivity index (χ2v) is 6.37. The van der Waals surface area contributed by atoms with Crippen LogP contribution in [-0.2, 0) is 10.0 Å². The number of aromatic nitrogens is 1. The van der Waals surface area contributed by atoms with Crippen molar-refractivity contribution in [2.75, 3.05) is 13.1 Å². The Balaban J connectivity index is 2.31. The van der Waals surface area contributed by atoms with Gasteiger partial charge in [0, 0.05) is 12.1 Å². The van der Waals surface area contributed by atoms with Gasteiger partial charge in [-0.15, -0.1) is 0 Å². The molecule has 0 amide bonds. The Kier molecular flexibility index (Phi) is 3.01. The average molecular weight is 259 g/mol. The van der Waals surface area contributed by atoms with Gasteiger partial charge in [-0.05, 0) is 33.7 Å². The first kappa shape index (κ1) is 12.5. The SMILES string of the molecule is Cc1noc(C)c1S(=O)(=O)NC1(C)CCNC1. The van der Waals surface area contributed by atoms with Crippen LogP contribution in [0.4, 0.5) is 0 Å². The zero-order valence-electron chi connectivity index (χ0n) is 10.2. The Bertz CT molecular complexity index is 495. The second-order valence-electron chi connectivity index (χ2n) is 4.75. The van der Waals surface area contributed by atoms with Crippen LogP contribution in [0, 0.1) is 13.8 Å². The third kappa shape index (κ3) is 2.36. The summed E-state index contributed by atoms with van der Waals surface area (Å²) in [6.45, 7) is 6.57. The molecule has 1 aromatic heterocycles. The molecule has 0 saturated carbocycles. The lowest BCUT2D eigenvalue weighted by Crippen LogP contribution is -2.47. The van der Waals surface area contributed by atoms with Crippen molar-refractivity contribution in [1.29, 1.82) is 0 Å². The van der Waals surface area contributed by atoms with E-state index in [1.165, 1.54) is 0 Å². The van der Waals surface area contributed by atoms with Gasteiger partial charge in [0.25, 0.3) is 0 Å². The van der Waals surface area contributed by atoms with E-state index in [-0.39, 0.29) is 4.90 Å². The summed E-state index contributed by atoms with van der Waals surface area (Å²) in [6.07, 6.45) is 0.773. The van der Waals surface area contributed by atoms with Gasteiger partial charge in [-0.25, -0.2) is 13.1 Å². The van der Waals surface area contributed by atoms with Gasteiger partial charge >= 0.3 is 0 Å². The maximum Gasteiger partial charge on any atom is 0.246 e. The molecule has 17 heavy (non-hydrogen) atoms. The molecule has 1 atom stereocenters. The maximum atomic E-state index is 12.3. The number of aryl methyl sites for hydroxylation is 2. The number of nitrogens with zero attached hydrogens (tertiary/aromatic N) is 1. The molecule has 96 valence electrons. The van der Waals surface area contributed by atoms with E-state index in [0.717, 1.165) is 13.0 Å². The molecule has 0 bridgehead atoms. The summed E-state index contributed by atoms with van der Waals surface area (Å²) in [5.74, 6) is 0.324. The summed E-state index contributed by atoms with van der Waals surface area (Å²) >= 11 is 0. The van der Waals surface area contributed by atoms with Gasteiger partial charge in [-0.3, -0.25) is 0 Å². The molecule has 7 heteroatoms. The second kappa shape index (κ2) is 4.08. The van der Waals surface area contributed by atoms with Crippen LogP contribution in [0.3, 0.4) is 0 Å². The normalized spacial score (nSPS) is 25.4. The van der Waals surface area contributed by atoms with Crippen molar-refractivity contribution in [2.45, 2.75) is 37.6 Å². The van der Waals surface area contributed by atoms with Crippen LogP contribution >= 0.6 is 0 Å². The summed E-state index contributed by atoms with van der Waals surface area (Å²) in [5, 5.41) is 6.81. The Morgan fingerprint density at radius 1 is 1.47 bits per heavy atom. The Hall–Kier alpha value is -0.920. The van der Waals surface area contributed by atoms with E-state index < -0.39 is 15.6 Å². The van der Waals surface area contributed by atoms with E-state index in [0.29, 0.717) is 18.0 Å². The molecule has 0 aromatic carbocycles. The predicted molar refractivity (Wildman–Crippen MR) is 62.2 cm³/mol.